The molecule has 78 valence electrons. The predicted molar refractivity (Wildman–Crippen MR) is 56.8 cm³/mol. The average Bonchev–Trinajstić information content (AvgIpc) is 2.95. The van der Waals surface area contributed by atoms with E-state index in [1.807, 2.05) is 0 Å². The van der Waals surface area contributed by atoms with E-state index in [2.05, 4.69) is 17.1 Å². The van der Waals surface area contributed by atoms with Gasteiger partial charge in [-0.15, -0.1) is 0 Å². The molecule has 1 aliphatic rings. The molecule has 1 rings (SSSR count). The Bertz CT molecular complexity index is 123. The molecule has 3 N–H and O–H groups in total. The molecule has 13 heavy (non-hydrogen) atoms. The first-order valence-corrected chi connectivity index (χ1v) is 5.53. The van der Waals surface area contributed by atoms with E-state index in [0.29, 0.717) is 0 Å². The first-order chi connectivity index (χ1) is 6.38. The second kappa shape index (κ2) is 6.35. The van der Waals surface area contributed by atoms with E-state index >= 15 is 0 Å². The van der Waals surface area contributed by atoms with Crippen molar-refractivity contribution < 1.29 is 0 Å². The summed E-state index contributed by atoms with van der Waals surface area (Å²) in [6.07, 6.45) is 3.92. The topological polar surface area (TPSA) is 41.3 Å². The molecule has 0 saturated heterocycles. The van der Waals surface area contributed by atoms with E-state index in [0.717, 1.165) is 32.1 Å². The first kappa shape index (κ1) is 11.0. The number of rotatable bonds is 8. The third kappa shape index (κ3) is 4.60. The summed E-state index contributed by atoms with van der Waals surface area (Å²) in [7, 11) is 0. The molecule has 0 bridgehead atoms. The molecule has 0 aromatic rings. The van der Waals surface area contributed by atoms with Crippen molar-refractivity contribution in [1.29, 1.82) is 0 Å². The molecular weight excluding hydrogens is 162 g/mol. The van der Waals surface area contributed by atoms with Crippen molar-refractivity contribution in [2.24, 2.45) is 5.73 Å². The van der Waals surface area contributed by atoms with Gasteiger partial charge in [-0.1, -0.05) is 6.92 Å². The second-order valence-corrected chi connectivity index (χ2v) is 3.75. The van der Waals surface area contributed by atoms with Crippen LogP contribution in [0.5, 0.6) is 0 Å². The van der Waals surface area contributed by atoms with Gasteiger partial charge in [0.1, 0.15) is 0 Å². The van der Waals surface area contributed by atoms with Gasteiger partial charge in [-0.3, -0.25) is 4.90 Å². The summed E-state index contributed by atoms with van der Waals surface area (Å²) in [6.45, 7) is 7.63. The molecule has 0 aromatic carbocycles. The number of nitrogens with two attached hydrogens (primary N) is 1. The fourth-order valence-corrected chi connectivity index (χ4v) is 1.61. The number of nitrogens with zero attached hydrogens (tertiary/aromatic N) is 1. The van der Waals surface area contributed by atoms with Crippen LogP contribution in [0.15, 0.2) is 0 Å². The van der Waals surface area contributed by atoms with Gasteiger partial charge in [-0.2, -0.15) is 0 Å². The van der Waals surface area contributed by atoms with Gasteiger partial charge in [-0.05, 0) is 38.9 Å². The number of hydrogen-bond acceptors (Lipinski definition) is 3. The van der Waals surface area contributed by atoms with Gasteiger partial charge >= 0.3 is 0 Å². The van der Waals surface area contributed by atoms with Crippen LogP contribution in [0.4, 0.5) is 0 Å². The van der Waals surface area contributed by atoms with Crippen molar-refractivity contribution in [3.63, 3.8) is 0 Å². The SMILES string of the molecule is CCN(CCNCCCN)C1CC1. The second-order valence-electron chi connectivity index (χ2n) is 3.75. The zero-order valence-electron chi connectivity index (χ0n) is 8.76. The van der Waals surface area contributed by atoms with E-state index in [9.17, 15) is 0 Å². The van der Waals surface area contributed by atoms with Crippen molar-refractivity contribution in [1.82, 2.24) is 10.2 Å². The lowest BCUT2D eigenvalue weighted by Gasteiger charge is -2.19. The van der Waals surface area contributed by atoms with Crippen LogP contribution >= 0.6 is 0 Å². The van der Waals surface area contributed by atoms with Crippen LogP contribution in [0.3, 0.4) is 0 Å². The van der Waals surface area contributed by atoms with Gasteiger partial charge in [0.05, 0.1) is 0 Å². The average molecular weight is 185 g/mol. The predicted octanol–water partition coefficient (Wildman–Crippen LogP) is 0.409. The van der Waals surface area contributed by atoms with E-state index in [1.54, 1.807) is 0 Å². The highest BCUT2D eigenvalue weighted by Gasteiger charge is 2.26. The molecule has 1 aliphatic carbocycles. The van der Waals surface area contributed by atoms with Gasteiger partial charge in [0.25, 0.3) is 0 Å². The standard InChI is InChI=1S/C10H23N3/c1-2-13(10-4-5-10)9-8-12-7-3-6-11/h10,12H,2-9,11H2,1H3. The summed E-state index contributed by atoms with van der Waals surface area (Å²) in [4.78, 5) is 2.56. The van der Waals surface area contributed by atoms with Gasteiger partial charge in [0.15, 0.2) is 0 Å². The molecule has 1 fully saturated rings. The lowest BCUT2D eigenvalue weighted by Crippen LogP contribution is -2.34. The molecule has 0 unspecified atom stereocenters. The Morgan fingerprint density at radius 1 is 1.38 bits per heavy atom. The van der Waals surface area contributed by atoms with Gasteiger partial charge < -0.3 is 11.1 Å². The summed E-state index contributed by atoms with van der Waals surface area (Å²) in [5, 5.41) is 3.41. The fourth-order valence-electron chi connectivity index (χ4n) is 1.61. The molecule has 3 heteroatoms. The Morgan fingerprint density at radius 2 is 2.15 bits per heavy atom. The van der Waals surface area contributed by atoms with Crippen LogP contribution < -0.4 is 11.1 Å². The Hall–Kier alpha value is -0.120. The highest BCUT2D eigenvalue weighted by molar-refractivity contribution is 4.83. The van der Waals surface area contributed by atoms with Crippen molar-refractivity contribution in [2.75, 3.05) is 32.7 Å². The lowest BCUT2D eigenvalue weighted by molar-refractivity contribution is 0.277. The summed E-state index contributed by atoms with van der Waals surface area (Å²) < 4.78 is 0. The van der Waals surface area contributed by atoms with E-state index < -0.39 is 0 Å². The van der Waals surface area contributed by atoms with Crippen LogP contribution in [-0.2, 0) is 0 Å². The largest absolute Gasteiger partial charge is 0.330 e. The monoisotopic (exact) mass is 185 g/mol. The molecule has 0 aromatic heterocycles. The summed E-state index contributed by atoms with van der Waals surface area (Å²) in [5.41, 5.74) is 5.40. The fraction of sp³-hybridized carbons (Fsp3) is 1.00. The summed E-state index contributed by atoms with van der Waals surface area (Å²) >= 11 is 0. The molecule has 0 atom stereocenters. The Morgan fingerprint density at radius 3 is 2.69 bits per heavy atom. The van der Waals surface area contributed by atoms with E-state index in [-0.39, 0.29) is 0 Å². The van der Waals surface area contributed by atoms with E-state index in [4.69, 9.17) is 5.73 Å². The lowest BCUT2D eigenvalue weighted by atomic mass is 10.4. The van der Waals surface area contributed by atoms with E-state index in [1.165, 1.54) is 25.9 Å². The zero-order valence-corrected chi connectivity index (χ0v) is 8.76. The maximum Gasteiger partial charge on any atom is 0.0110 e. The maximum absolute atomic E-state index is 5.40. The summed E-state index contributed by atoms with van der Waals surface area (Å²) in [6, 6.07) is 0.904. The smallest absolute Gasteiger partial charge is 0.0110 e. The highest BCUT2D eigenvalue weighted by atomic mass is 15.2. The van der Waals surface area contributed by atoms with Crippen LogP contribution in [0.2, 0.25) is 0 Å². The minimum atomic E-state index is 0.799. The van der Waals surface area contributed by atoms with Crippen LogP contribution in [0, 0.1) is 0 Å². The molecular formula is C10H23N3. The number of likely N-dealkylation sites (N-methyl/N-ethyl adjacent to an activating group) is 1. The quantitative estimate of drug-likeness (QED) is 0.538. The maximum atomic E-state index is 5.40. The molecule has 0 amide bonds. The highest BCUT2D eigenvalue weighted by Crippen LogP contribution is 2.25. The molecule has 0 heterocycles. The minimum Gasteiger partial charge on any atom is -0.330 e. The molecule has 3 nitrogen and oxygen atoms in total. The Labute approximate surface area is 81.7 Å². The Balaban J connectivity index is 1.90. The van der Waals surface area contributed by atoms with Crippen molar-refractivity contribution >= 4 is 0 Å². The van der Waals surface area contributed by atoms with Crippen LogP contribution in [0.25, 0.3) is 0 Å². The molecule has 0 radical (unpaired) electrons. The van der Waals surface area contributed by atoms with Crippen molar-refractivity contribution in [3.05, 3.63) is 0 Å². The zero-order chi connectivity index (χ0) is 9.52. The van der Waals surface area contributed by atoms with Crippen LogP contribution in [0.1, 0.15) is 26.2 Å². The van der Waals surface area contributed by atoms with Crippen LogP contribution in [-0.4, -0.2) is 43.7 Å². The minimum absolute atomic E-state index is 0.799. The normalized spacial score (nSPS) is 16.8. The Kier molecular flexibility index (Phi) is 5.35. The summed E-state index contributed by atoms with van der Waals surface area (Å²) in [5.74, 6) is 0. The first-order valence-electron chi connectivity index (χ1n) is 5.53. The van der Waals surface area contributed by atoms with Gasteiger partial charge in [-0.25, -0.2) is 0 Å². The van der Waals surface area contributed by atoms with Gasteiger partial charge in [0.2, 0.25) is 0 Å². The number of hydrogen-bond donors (Lipinski definition) is 2. The van der Waals surface area contributed by atoms with Crippen molar-refractivity contribution in [3.8, 4) is 0 Å². The van der Waals surface area contributed by atoms with Crippen molar-refractivity contribution in [2.45, 2.75) is 32.2 Å². The number of nitrogens with one attached hydrogen (secondary N) is 1. The molecule has 0 aliphatic heterocycles. The molecule has 1 saturated carbocycles. The molecule has 0 spiro atoms. The van der Waals surface area contributed by atoms with Gasteiger partial charge in [0, 0.05) is 19.1 Å². The third-order valence-electron chi connectivity index (χ3n) is 2.60. The third-order valence-corrected chi connectivity index (χ3v) is 2.60.